The molecule has 0 N–H and O–H groups in total. The number of para-hydroxylation sites is 2. The number of benzene rings is 2. The number of ether oxygens (including phenoxy) is 4. The van der Waals surface area contributed by atoms with Gasteiger partial charge in [-0.2, -0.15) is 0 Å². The summed E-state index contributed by atoms with van der Waals surface area (Å²) in [6.07, 6.45) is -0.953. The van der Waals surface area contributed by atoms with Crippen molar-refractivity contribution in [3.8, 4) is 11.5 Å². The molecule has 0 radical (unpaired) electrons. The summed E-state index contributed by atoms with van der Waals surface area (Å²) in [6.45, 7) is 1.58. The minimum absolute atomic E-state index is 0.000669. The zero-order valence-corrected chi connectivity index (χ0v) is 16.3. The maximum absolute atomic E-state index is 14.4. The topological polar surface area (TPSA) is 71.1 Å². The molecule has 0 fully saturated rings. The fourth-order valence-electron chi connectivity index (χ4n) is 3.04. The van der Waals surface area contributed by atoms with Crippen LogP contribution in [-0.4, -0.2) is 31.3 Å². The summed E-state index contributed by atoms with van der Waals surface area (Å²) in [6, 6.07) is 11.5. The van der Waals surface area contributed by atoms with Crippen LogP contribution in [0.3, 0.4) is 0 Å². The number of hydrogen-bond acceptors (Lipinski definition) is 7. The largest absolute Gasteiger partial charge is 0.485 e. The van der Waals surface area contributed by atoms with Crippen LogP contribution in [0.2, 0.25) is 0 Å². The maximum Gasteiger partial charge on any atom is 0.351 e. The first-order valence-electron chi connectivity index (χ1n) is 9.00. The molecule has 1 aliphatic heterocycles. The first-order chi connectivity index (χ1) is 14.1. The SMILES string of the molecule is CCOC(=O)c1sc2cccc(F)c2c1COC(=O)[C@H]1COc2ccccc2O1. The summed E-state index contributed by atoms with van der Waals surface area (Å²) in [4.78, 5) is 25.0. The van der Waals surface area contributed by atoms with Crippen molar-refractivity contribution < 1.29 is 32.9 Å². The third kappa shape index (κ3) is 3.75. The van der Waals surface area contributed by atoms with Crippen molar-refractivity contribution in [2.75, 3.05) is 13.2 Å². The average molecular weight is 416 g/mol. The first kappa shape index (κ1) is 19.2. The van der Waals surface area contributed by atoms with Crippen LogP contribution >= 0.6 is 11.3 Å². The van der Waals surface area contributed by atoms with Crippen molar-refractivity contribution >= 4 is 33.4 Å². The van der Waals surface area contributed by atoms with Crippen molar-refractivity contribution in [1.82, 2.24) is 0 Å². The molecule has 6 nitrogen and oxygen atoms in total. The highest BCUT2D eigenvalue weighted by molar-refractivity contribution is 7.21. The van der Waals surface area contributed by atoms with Crippen LogP contribution in [0.1, 0.15) is 22.2 Å². The molecule has 4 rings (SSSR count). The molecule has 1 aliphatic rings. The molecule has 8 heteroatoms. The Morgan fingerprint density at radius 2 is 1.93 bits per heavy atom. The third-order valence-corrected chi connectivity index (χ3v) is 5.53. The molecule has 0 bridgehead atoms. The Bertz CT molecular complexity index is 1080. The van der Waals surface area contributed by atoms with Crippen molar-refractivity contribution in [2.45, 2.75) is 19.6 Å². The highest BCUT2D eigenvalue weighted by Crippen LogP contribution is 2.35. The molecule has 2 aromatic carbocycles. The lowest BCUT2D eigenvalue weighted by Gasteiger charge is -2.24. The predicted molar refractivity (Wildman–Crippen MR) is 104 cm³/mol. The summed E-state index contributed by atoms with van der Waals surface area (Å²) in [5, 5.41) is 0.250. The summed E-state index contributed by atoms with van der Waals surface area (Å²) < 4.78 is 36.6. The summed E-state index contributed by atoms with van der Waals surface area (Å²) >= 11 is 1.10. The number of esters is 2. The number of hydrogen-bond donors (Lipinski definition) is 0. The minimum Gasteiger partial charge on any atom is -0.485 e. The Kier molecular flexibility index (Phi) is 5.35. The van der Waals surface area contributed by atoms with Gasteiger partial charge in [-0.3, -0.25) is 0 Å². The van der Waals surface area contributed by atoms with Crippen LogP contribution in [0.15, 0.2) is 42.5 Å². The average Bonchev–Trinajstić information content (AvgIpc) is 3.12. The third-order valence-electron chi connectivity index (χ3n) is 4.35. The molecular formula is C21H17FO6S. The van der Waals surface area contributed by atoms with Crippen molar-refractivity contribution in [3.63, 3.8) is 0 Å². The van der Waals surface area contributed by atoms with Gasteiger partial charge in [-0.15, -0.1) is 11.3 Å². The lowest BCUT2D eigenvalue weighted by molar-refractivity contribution is -0.155. The second kappa shape index (κ2) is 8.08. The summed E-state index contributed by atoms with van der Waals surface area (Å²) in [5.41, 5.74) is 0.284. The zero-order chi connectivity index (χ0) is 20.4. The molecule has 1 atom stereocenters. The van der Waals surface area contributed by atoms with Gasteiger partial charge in [0.15, 0.2) is 11.5 Å². The molecule has 0 saturated carbocycles. The van der Waals surface area contributed by atoms with E-state index in [2.05, 4.69) is 0 Å². The van der Waals surface area contributed by atoms with E-state index in [1.54, 1.807) is 43.3 Å². The molecule has 0 spiro atoms. The van der Waals surface area contributed by atoms with Crippen LogP contribution in [0, 0.1) is 5.82 Å². The quantitative estimate of drug-likeness (QED) is 0.583. The molecule has 2 heterocycles. The fourth-order valence-corrected chi connectivity index (χ4v) is 4.15. The monoisotopic (exact) mass is 416 g/mol. The van der Waals surface area contributed by atoms with E-state index in [9.17, 15) is 14.0 Å². The van der Waals surface area contributed by atoms with E-state index in [4.69, 9.17) is 18.9 Å². The van der Waals surface area contributed by atoms with Crippen LogP contribution in [0.4, 0.5) is 4.39 Å². The summed E-state index contributed by atoms with van der Waals surface area (Å²) in [5.74, 6) is -0.742. The lowest BCUT2D eigenvalue weighted by atomic mass is 10.1. The maximum atomic E-state index is 14.4. The van der Waals surface area contributed by atoms with Gasteiger partial charge in [0.25, 0.3) is 0 Å². The highest BCUT2D eigenvalue weighted by Gasteiger charge is 2.30. The van der Waals surface area contributed by atoms with E-state index in [1.807, 2.05) is 0 Å². The first-order valence-corrected chi connectivity index (χ1v) is 9.82. The minimum atomic E-state index is -0.953. The Morgan fingerprint density at radius 1 is 1.14 bits per heavy atom. The second-order valence-corrected chi connectivity index (χ2v) is 7.27. The molecule has 0 saturated heterocycles. The van der Waals surface area contributed by atoms with Crippen molar-refractivity contribution in [3.05, 3.63) is 58.7 Å². The zero-order valence-electron chi connectivity index (χ0n) is 15.5. The van der Waals surface area contributed by atoms with Crippen LogP contribution < -0.4 is 9.47 Å². The van der Waals surface area contributed by atoms with E-state index in [0.717, 1.165) is 11.3 Å². The van der Waals surface area contributed by atoms with Gasteiger partial charge in [-0.1, -0.05) is 18.2 Å². The summed E-state index contributed by atoms with van der Waals surface area (Å²) in [7, 11) is 0. The van der Waals surface area contributed by atoms with E-state index < -0.39 is 23.9 Å². The second-order valence-electron chi connectivity index (χ2n) is 6.22. The molecule has 0 amide bonds. The van der Waals surface area contributed by atoms with Gasteiger partial charge in [-0.25, -0.2) is 14.0 Å². The van der Waals surface area contributed by atoms with Gasteiger partial charge in [0.05, 0.1) is 6.61 Å². The Morgan fingerprint density at radius 3 is 2.72 bits per heavy atom. The van der Waals surface area contributed by atoms with Crippen molar-refractivity contribution in [2.24, 2.45) is 0 Å². The van der Waals surface area contributed by atoms with Gasteiger partial charge >= 0.3 is 11.9 Å². The van der Waals surface area contributed by atoms with Gasteiger partial charge in [0.2, 0.25) is 6.10 Å². The lowest BCUT2D eigenvalue weighted by Crippen LogP contribution is -2.37. The smallest absolute Gasteiger partial charge is 0.351 e. The number of fused-ring (bicyclic) bond motifs is 2. The predicted octanol–water partition coefficient (Wildman–Crippen LogP) is 4.10. The molecule has 1 aromatic heterocycles. The van der Waals surface area contributed by atoms with Crippen LogP contribution in [0.25, 0.3) is 10.1 Å². The number of rotatable bonds is 5. The standard InChI is InChI=1S/C21H17FO6S/c1-2-25-21(24)19-12(18-13(22)6-5-9-17(18)29-19)10-27-20(23)16-11-26-14-7-3-4-8-15(14)28-16/h3-9,16H,2,10-11H2,1H3/t16-/m1/s1. The molecular weight excluding hydrogens is 399 g/mol. The Labute approximate surface area is 169 Å². The van der Waals surface area contributed by atoms with E-state index >= 15 is 0 Å². The number of carbonyl (C=O) groups excluding carboxylic acids is 2. The van der Waals surface area contributed by atoms with Gasteiger partial charge in [0.1, 0.15) is 23.9 Å². The molecule has 0 unspecified atom stereocenters. The van der Waals surface area contributed by atoms with E-state index in [-0.39, 0.29) is 35.6 Å². The Hall–Kier alpha value is -3.13. The van der Waals surface area contributed by atoms with E-state index in [0.29, 0.717) is 16.2 Å². The van der Waals surface area contributed by atoms with Gasteiger partial charge in [0, 0.05) is 15.6 Å². The molecule has 3 aromatic rings. The highest BCUT2D eigenvalue weighted by atomic mass is 32.1. The number of thiophene rings is 1. The van der Waals surface area contributed by atoms with E-state index in [1.165, 1.54) is 6.07 Å². The van der Waals surface area contributed by atoms with Crippen molar-refractivity contribution in [1.29, 1.82) is 0 Å². The number of carbonyl (C=O) groups is 2. The van der Waals surface area contributed by atoms with Crippen LogP contribution in [0.5, 0.6) is 11.5 Å². The molecule has 0 aliphatic carbocycles. The van der Waals surface area contributed by atoms with Gasteiger partial charge in [-0.05, 0) is 31.2 Å². The molecule has 29 heavy (non-hydrogen) atoms. The fraction of sp³-hybridized carbons (Fsp3) is 0.238. The molecule has 150 valence electrons. The normalized spacial score (nSPS) is 15.2. The Balaban J connectivity index is 1.55. The number of halogens is 1. The van der Waals surface area contributed by atoms with Gasteiger partial charge < -0.3 is 18.9 Å². The van der Waals surface area contributed by atoms with Crippen LogP contribution in [-0.2, 0) is 20.9 Å².